The molecule has 1 unspecified atom stereocenters. The Morgan fingerprint density at radius 3 is 2.54 bits per heavy atom. The number of carbonyl (C=O) groups excluding carboxylic acids is 2. The summed E-state index contributed by atoms with van der Waals surface area (Å²) in [6.07, 6.45) is -0.286. The minimum atomic E-state index is -0.720. The first-order valence-corrected chi connectivity index (χ1v) is 12.4. The zero-order valence-corrected chi connectivity index (χ0v) is 22.2. The van der Waals surface area contributed by atoms with Crippen molar-refractivity contribution in [2.45, 2.75) is 46.1 Å². The van der Waals surface area contributed by atoms with E-state index in [0.717, 1.165) is 13.1 Å². The van der Waals surface area contributed by atoms with Crippen LogP contribution in [0.5, 0.6) is 5.75 Å². The summed E-state index contributed by atoms with van der Waals surface area (Å²) in [5, 5.41) is 9.76. The molecule has 2 heterocycles. The maximum atomic E-state index is 12.7. The third kappa shape index (κ3) is 7.17. The molecule has 0 radical (unpaired) electrons. The SMILES string of the molecule is CCOC(=O)C1=C(C)OC(N)=C(C#N)C1c1cccc(OCCN2CCN(C(=O)OC(C)(C)C)CC2)c1. The average Bonchev–Trinajstić information content (AvgIpc) is 2.83. The van der Waals surface area contributed by atoms with Gasteiger partial charge in [-0.05, 0) is 52.3 Å². The van der Waals surface area contributed by atoms with Crippen LogP contribution in [0, 0.1) is 11.3 Å². The fourth-order valence-corrected chi connectivity index (χ4v) is 4.25. The molecule has 0 saturated carbocycles. The second-order valence-electron chi connectivity index (χ2n) is 9.85. The van der Waals surface area contributed by atoms with E-state index in [1.54, 1.807) is 24.8 Å². The molecule has 2 aliphatic rings. The van der Waals surface area contributed by atoms with Crippen LogP contribution in [-0.4, -0.2) is 73.4 Å². The van der Waals surface area contributed by atoms with Crippen LogP contribution in [0.1, 0.15) is 46.1 Å². The number of esters is 1. The number of hydrogen-bond donors (Lipinski definition) is 1. The number of carbonyl (C=O) groups is 2. The highest BCUT2D eigenvalue weighted by molar-refractivity contribution is 5.92. The van der Waals surface area contributed by atoms with Gasteiger partial charge in [0.05, 0.1) is 18.1 Å². The molecule has 1 saturated heterocycles. The Hall–Kier alpha value is -3.71. The first-order chi connectivity index (χ1) is 17.5. The third-order valence-corrected chi connectivity index (χ3v) is 5.99. The molecule has 10 heteroatoms. The van der Waals surface area contributed by atoms with Gasteiger partial charge in [0.2, 0.25) is 5.88 Å². The number of hydrogen-bond acceptors (Lipinski definition) is 9. The summed E-state index contributed by atoms with van der Waals surface area (Å²) in [4.78, 5) is 28.9. The van der Waals surface area contributed by atoms with Gasteiger partial charge in [0.15, 0.2) is 0 Å². The standard InChI is InChI=1S/C27H36N4O6/c1-6-34-25(32)22-18(2)36-24(29)21(17-28)23(22)19-8-7-9-20(16-19)35-15-14-30-10-12-31(13-11-30)26(33)37-27(3,4)5/h7-9,16,23H,6,10-15,29H2,1-5H3. The lowest BCUT2D eigenvalue weighted by Crippen LogP contribution is -2.50. The number of ether oxygens (including phenoxy) is 4. The molecule has 0 bridgehead atoms. The zero-order valence-electron chi connectivity index (χ0n) is 22.2. The second-order valence-corrected chi connectivity index (χ2v) is 9.85. The Kier molecular flexibility index (Phi) is 9.05. The van der Waals surface area contributed by atoms with Gasteiger partial charge in [-0.25, -0.2) is 9.59 Å². The highest BCUT2D eigenvalue weighted by Gasteiger charge is 2.36. The fraction of sp³-hybridized carbons (Fsp3) is 0.519. The zero-order chi connectivity index (χ0) is 27.2. The average molecular weight is 513 g/mol. The lowest BCUT2D eigenvalue weighted by atomic mass is 9.83. The molecule has 1 aromatic carbocycles. The van der Waals surface area contributed by atoms with Gasteiger partial charge in [-0.1, -0.05) is 12.1 Å². The van der Waals surface area contributed by atoms with Gasteiger partial charge in [-0.3, -0.25) is 4.90 Å². The summed E-state index contributed by atoms with van der Waals surface area (Å²) in [5.41, 5.74) is 6.54. The van der Waals surface area contributed by atoms with Gasteiger partial charge in [0, 0.05) is 32.7 Å². The normalized spacial score (nSPS) is 18.7. The first kappa shape index (κ1) is 27.9. The molecule has 37 heavy (non-hydrogen) atoms. The van der Waals surface area contributed by atoms with Crippen LogP contribution in [0.2, 0.25) is 0 Å². The van der Waals surface area contributed by atoms with E-state index in [4.69, 9.17) is 24.7 Å². The van der Waals surface area contributed by atoms with E-state index in [2.05, 4.69) is 11.0 Å². The monoisotopic (exact) mass is 512 g/mol. The van der Waals surface area contributed by atoms with E-state index in [1.165, 1.54) is 0 Å². The van der Waals surface area contributed by atoms with Crippen LogP contribution in [0.4, 0.5) is 4.79 Å². The lowest BCUT2D eigenvalue weighted by molar-refractivity contribution is -0.139. The van der Waals surface area contributed by atoms with Gasteiger partial charge in [-0.15, -0.1) is 0 Å². The summed E-state index contributed by atoms with van der Waals surface area (Å²) in [5.74, 6) is -0.399. The van der Waals surface area contributed by atoms with Crippen molar-refractivity contribution in [1.29, 1.82) is 5.26 Å². The Morgan fingerprint density at radius 1 is 1.22 bits per heavy atom. The minimum Gasteiger partial charge on any atom is -0.492 e. The highest BCUT2D eigenvalue weighted by Crippen LogP contribution is 2.40. The molecular weight excluding hydrogens is 476 g/mol. The fourth-order valence-electron chi connectivity index (χ4n) is 4.25. The molecule has 10 nitrogen and oxygen atoms in total. The van der Waals surface area contributed by atoms with Crippen molar-refractivity contribution in [2.75, 3.05) is 45.9 Å². The summed E-state index contributed by atoms with van der Waals surface area (Å²) in [7, 11) is 0. The maximum absolute atomic E-state index is 12.7. The van der Waals surface area contributed by atoms with E-state index in [0.29, 0.717) is 43.3 Å². The van der Waals surface area contributed by atoms with Crippen molar-refractivity contribution in [1.82, 2.24) is 9.80 Å². The van der Waals surface area contributed by atoms with Crippen LogP contribution in [0.3, 0.4) is 0 Å². The maximum Gasteiger partial charge on any atom is 0.410 e. The molecule has 0 spiro atoms. The number of benzene rings is 1. The van der Waals surface area contributed by atoms with Crippen molar-refractivity contribution in [3.63, 3.8) is 0 Å². The van der Waals surface area contributed by atoms with Crippen molar-refractivity contribution < 1.29 is 28.5 Å². The lowest BCUT2D eigenvalue weighted by Gasteiger charge is -2.35. The number of piperazine rings is 1. The molecule has 0 aromatic heterocycles. The largest absolute Gasteiger partial charge is 0.492 e. The predicted molar refractivity (Wildman–Crippen MR) is 136 cm³/mol. The van der Waals surface area contributed by atoms with E-state index >= 15 is 0 Å². The van der Waals surface area contributed by atoms with Crippen molar-refractivity contribution >= 4 is 12.1 Å². The highest BCUT2D eigenvalue weighted by atomic mass is 16.6. The molecule has 1 fully saturated rings. The van der Waals surface area contributed by atoms with Crippen LogP contribution in [0.15, 0.2) is 47.1 Å². The van der Waals surface area contributed by atoms with Crippen molar-refractivity contribution in [3.05, 3.63) is 52.6 Å². The molecule has 1 atom stereocenters. The van der Waals surface area contributed by atoms with Crippen LogP contribution in [-0.2, 0) is 19.0 Å². The van der Waals surface area contributed by atoms with E-state index in [-0.39, 0.29) is 29.7 Å². The van der Waals surface area contributed by atoms with Gasteiger partial charge in [0.25, 0.3) is 0 Å². The summed E-state index contributed by atoms with van der Waals surface area (Å²) in [6.45, 7) is 12.9. The topological polar surface area (TPSA) is 127 Å². The first-order valence-electron chi connectivity index (χ1n) is 12.4. The summed E-state index contributed by atoms with van der Waals surface area (Å²) >= 11 is 0. The number of nitrogens with zero attached hydrogens (tertiary/aromatic N) is 3. The Morgan fingerprint density at radius 2 is 1.92 bits per heavy atom. The van der Waals surface area contributed by atoms with Gasteiger partial charge in [0.1, 0.15) is 35.4 Å². The number of nitriles is 1. The molecular formula is C27H36N4O6. The quantitative estimate of drug-likeness (QED) is 0.548. The molecule has 1 aromatic rings. The third-order valence-electron chi connectivity index (χ3n) is 5.99. The molecule has 1 amide bonds. The molecule has 2 N–H and O–H groups in total. The second kappa shape index (κ2) is 12.0. The Balaban J connectivity index is 1.63. The summed E-state index contributed by atoms with van der Waals surface area (Å²) in [6, 6.07) is 9.33. The van der Waals surface area contributed by atoms with Crippen LogP contribution >= 0.6 is 0 Å². The predicted octanol–water partition coefficient (Wildman–Crippen LogP) is 3.26. The number of rotatable bonds is 7. The number of amides is 1. The van der Waals surface area contributed by atoms with Gasteiger partial charge >= 0.3 is 12.1 Å². The Bertz CT molecular complexity index is 1110. The van der Waals surface area contributed by atoms with Crippen LogP contribution < -0.4 is 10.5 Å². The van der Waals surface area contributed by atoms with Gasteiger partial charge < -0.3 is 29.6 Å². The molecule has 200 valence electrons. The number of nitrogens with two attached hydrogens (primary N) is 1. The van der Waals surface area contributed by atoms with Gasteiger partial charge in [-0.2, -0.15) is 5.26 Å². The molecule has 0 aliphatic carbocycles. The molecule has 2 aliphatic heterocycles. The minimum absolute atomic E-state index is 0.0325. The summed E-state index contributed by atoms with van der Waals surface area (Å²) < 4.78 is 22.2. The van der Waals surface area contributed by atoms with Crippen molar-refractivity contribution in [3.8, 4) is 11.8 Å². The Labute approximate surface area is 218 Å². The smallest absolute Gasteiger partial charge is 0.410 e. The number of allylic oxidation sites excluding steroid dienone is 2. The van der Waals surface area contributed by atoms with E-state index < -0.39 is 17.5 Å². The molecule has 3 rings (SSSR count). The van der Waals surface area contributed by atoms with E-state index in [9.17, 15) is 14.9 Å². The van der Waals surface area contributed by atoms with Crippen LogP contribution in [0.25, 0.3) is 0 Å². The van der Waals surface area contributed by atoms with E-state index in [1.807, 2.05) is 39.0 Å². The van der Waals surface area contributed by atoms with Crippen molar-refractivity contribution in [2.24, 2.45) is 5.73 Å².